The van der Waals surface area contributed by atoms with Gasteiger partial charge in [0.2, 0.25) is 0 Å². The highest BCUT2D eigenvalue weighted by Gasteiger charge is 2.51. The van der Waals surface area contributed by atoms with Gasteiger partial charge in [-0.15, -0.1) is 0 Å². The number of hydrogen-bond donors (Lipinski definition) is 10. The number of aliphatic hydroxyl groups excluding tert-OH is 4. The van der Waals surface area contributed by atoms with Gasteiger partial charge in [-0.2, -0.15) is 0 Å². The molecule has 13 atom stereocenters. The summed E-state index contributed by atoms with van der Waals surface area (Å²) in [4.78, 5) is 0. The lowest BCUT2D eigenvalue weighted by atomic mass is 9.84. The van der Waals surface area contributed by atoms with Crippen LogP contribution in [0.25, 0.3) is 0 Å². The van der Waals surface area contributed by atoms with Crippen molar-refractivity contribution in [2.45, 2.75) is 98.4 Å². The van der Waals surface area contributed by atoms with E-state index in [0.717, 1.165) is 0 Å². The van der Waals surface area contributed by atoms with Crippen molar-refractivity contribution in [3.05, 3.63) is 0 Å². The van der Waals surface area contributed by atoms with Crippen LogP contribution in [0.4, 0.5) is 0 Å². The van der Waals surface area contributed by atoms with E-state index in [1.807, 2.05) is 0 Å². The molecule has 14 heteroatoms. The van der Waals surface area contributed by atoms with E-state index in [4.69, 9.17) is 47.6 Å². The zero-order chi connectivity index (χ0) is 23.8. The summed E-state index contributed by atoms with van der Waals surface area (Å²) in [6.07, 6.45) is -9.93. The maximum Gasteiger partial charge on any atom is 0.188 e. The van der Waals surface area contributed by atoms with Gasteiger partial charge in [0.25, 0.3) is 0 Å². The monoisotopic (exact) mass is 467 g/mol. The Kier molecular flexibility index (Phi) is 8.44. The molecule has 0 spiro atoms. The Morgan fingerprint density at radius 2 is 1.50 bits per heavy atom. The van der Waals surface area contributed by atoms with Crippen LogP contribution in [-0.4, -0.2) is 118 Å². The number of hydrogen-bond acceptors (Lipinski definition) is 14. The summed E-state index contributed by atoms with van der Waals surface area (Å²) in [5.41, 5.74) is 27.6. The van der Waals surface area contributed by atoms with Gasteiger partial charge in [0, 0.05) is 25.0 Å². The number of aliphatic hydroxyl groups is 5. The molecule has 0 radical (unpaired) electrons. The molecule has 0 aromatic heterocycles. The van der Waals surface area contributed by atoms with Crippen molar-refractivity contribution in [3.8, 4) is 0 Å². The van der Waals surface area contributed by atoms with Gasteiger partial charge in [0.1, 0.15) is 30.1 Å². The highest BCUT2D eigenvalue weighted by molar-refractivity contribution is 5.01. The number of rotatable bonds is 6. The molecule has 32 heavy (non-hydrogen) atoms. The first kappa shape index (κ1) is 26.1. The minimum Gasteiger partial charge on any atom is -0.394 e. The molecular formula is C18H37N5O9. The van der Waals surface area contributed by atoms with Crippen molar-refractivity contribution >= 4 is 0 Å². The SMILES string of the molecule is NC[C@H]1O[C@H](O[C@H]2[C@H](O)[C@@H](O[C@H]3O[C@H](CO)CC(N)(O)[C@H]3O)[C@H](N)C[C@@H]2N)[C@H](N)C[C@@H]1O. The van der Waals surface area contributed by atoms with E-state index in [9.17, 15) is 25.5 Å². The molecule has 0 aromatic rings. The van der Waals surface area contributed by atoms with Crippen LogP contribution in [-0.2, 0) is 18.9 Å². The molecule has 3 aliphatic rings. The molecule has 3 fully saturated rings. The van der Waals surface area contributed by atoms with E-state index in [0.29, 0.717) is 0 Å². The van der Waals surface area contributed by atoms with Crippen LogP contribution in [0.5, 0.6) is 0 Å². The van der Waals surface area contributed by atoms with Crippen LogP contribution < -0.4 is 28.7 Å². The van der Waals surface area contributed by atoms with Crippen molar-refractivity contribution < 1.29 is 44.5 Å². The maximum atomic E-state index is 11.0. The van der Waals surface area contributed by atoms with Crippen LogP contribution in [0.15, 0.2) is 0 Å². The summed E-state index contributed by atoms with van der Waals surface area (Å²) in [5, 5.41) is 51.0. The average molecular weight is 468 g/mol. The Labute approximate surface area is 185 Å². The van der Waals surface area contributed by atoms with Gasteiger partial charge < -0.3 is 73.1 Å². The molecule has 0 amide bonds. The van der Waals surface area contributed by atoms with Gasteiger partial charge in [-0.1, -0.05) is 0 Å². The van der Waals surface area contributed by atoms with Crippen molar-refractivity contribution in [2.75, 3.05) is 13.2 Å². The predicted molar refractivity (Wildman–Crippen MR) is 108 cm³/mol. The molecule has 1 aliphatic carbocycles. The number of ether oxygens (including phenoxy) is 4. The minimum absolute atomic E-state index is 0.0502. The van der Waals surface area contributed by atoms with E-state index < -0.39 is 85.8 Å². The summed E-state index contributed by atoms with van der Waals surface area (Å²) >= 11 is 0. The van der Waals surface area contributed by atoms with Crippen LogP contribution in [0.3, 0.4) is 0 Å². The third-order valence-corrected chi connectivity index (χ3v) is 6.33. The van der Waals surface area contributed by atoms with E-state index in [2.05, 4.69) is 0 Å². The molecule has 3 rings (SSSR count). The van der Waals surface area contributed by atoms with E-state index >= 15 is 0 Å². The third-order valence-electron chi connectivity index (χ3n) is 6.33. The molecule has 188 valence electrons. The second kappa shape index (κ2) is 10.4. The molecule has 14 nitrogen and oxygen atoms in total. The lowest BCUT2D eigenvalue weighted by Gasteiger charge is -2.48. The fraction of sp³-hybridized carbons (Fsp3) is 1.00. The Balaban J connectivity index is 1.71. The van der Waals surface area contributed by atoms with Gasteiger partial charge in [-0.3, -0.25) is 0 Å². The standard InChI is InChI=1S/C18H37N5O9/c19-4-11-10(25)2-9(22)16(30-11)31-13-7(20)1-8(21)14(12(13)26)32-17-15(27)18(23,28)3-6(5-24)29-17/h6-17,24-28H,1-5,19-23H2/t6-,7-,8+,9+,10-,11+,12-,13+,14-,15-,16+,17+,18?/m0/s1. The Morgan fingerprint density at radius 3 is 2.06 bits per heavy atom. The Morgan fingerprint density at radius 1 is 0.906 bits per heavy atom. The van der Waals surface area contributed by atoms with Gasteiger partial charge in [-0.05, 0) is 12.8 Å². The molecule has 15 N–H and O–H groups in total. The van der Waals surface area contributed by atoms with Crippen molar-refractivity contribution in [3.63, 3.8) is 0 Å². The molecule has 1 unspecified atom stereocenters. The van der Waals surface area contributed by atoms with Gasteiger partial charge in [0.05, 0.1) is 31.0 Å². The topological polar surface area (TPSA) is 268 Å². The number of nitrogens with two attached hydrogens (primary N) is 5. The highest BCUT2D eigenvalue weighted by atomic mass is 16.7. The first-order valence-corrected chi connectivity index (χ1v) is 10.7. The van der Waals surface area contributed by atoms with Crippen LogP contribution >= 0.6 is 0 Å². The Hall–Kier alpha value is -0.560. The second-order valence-corrected chi connectivity index (χ2v) is 8.95. The van der Waals surface area contributed by atoms with Crippen molar-refractivity contribution in [1.29, 1.82) is 0 Å². The molecule has 2 saturated heterocycles. The highest BCUT2D eigenvalue weighted by Crippen LogP contribution is 2.32. The van der Waals surface area contributed by atoms with Crippen LogP contribution in [0, 0.1) is 0 Å². The maximum absolute atomic E-state index is 11.0. The minimum atomic E-state index is -2.08. The average Bonchev–Trinajstić information content (AvgIpc) is 2.72. The fourth-order valence-electron chi connectivity index (χ4n) is 4.45. The van der Waals surface area contributed by atoms with Gasteiger partial charge in [-0.25, -0.2) is 0 Å². The Bertz CT molecular complexity index is 619. The smallest absolute Gasteiger partial charge is 0.188 e. The first-order valence-electron chi connectivity index (χ1n) is 10.7. The van der Waals surface area contributed by atoms with Crippen molar-refractivity contribution in [2.24, 2.45) is 28.7 Å². The fourth-order valence-corrected chi connectivity index (χ4v) is 4.45. The first-order chi connectivity index (χ1) is 15.0. The summed E-state index contributed by atoms with van der Waals surface area (Å²) in [5.74, 6) is 0. The normalized spacial score (nSPS) is 52.7. The molecule has 2 aliphatic heterocycles. The summed E-state index contributed by atoms with van der Waals surface area (Å²) in [6.45, 7) is -0.415. The van der Waals surface area contributed by atoms with Gasteiger partial charge >= 0.3 is 0 Å². The van der Waals surface area contributed by atoms with E-state index in [-0.39, 0.29) is 25.8 Å². The summed E-state index contributed by atoms with van der Waals surface area (Å²) < 4.78 is 22.7. The largest absolute Gasteiger partial charge is 0.394 e. The van der Waals surface area contributed by atoms with Gasteiger partial charge in [0.15, 0.2) is 12.6 Å². The van der Waals surface area contributed by atoms with Crippen molar-refractivity contribution in [1.82, 2.24) is 0 Å². The predicted octanol–water partition coefficient (Wildman–Crippen LogP) is -5.95. The quantitative estimate of drug-likeness (QED) is 0.163. The lowest BCUT2D eigenvalue weighted by Crippen LogP contribution is -2.68. The van der Waals surface area contributed by atoms with E-state index in [1.54, 1.807) is 0 Å². The summed E-state index contributed by atoms with van der Waals surface area (Å²) in [6, 6.07) is -2.16. The zero-order valence-electron chi connectivity index (χ0n) is 17.7. The van der Waals surface area contributed by atoms with E-state index in [1.165, 1.54) is 0 Å². The molecule has 2 heterocycles. The molecular weight excluding hydrogens is 430 g/mol. The summed E-state index contributed by atoms with van der Waals surface area (Å²) in [7, 11) is 0. The molecule has 0 aromatic carbocycles. The van der Waals surface area contributed by atoms with Crippen LogP contribution in [0.2, 0.25) is 0 Å². The molecule has 0 bridgehead atoms. The lowest BCUT2D eigenvalue weighted by molar-refractivity contribution is -0.328. The third kappa shape index (κ3) is 5.39. The van der Waals surface area contributed by atoms with Crippen LogP contribution in [0.1, 0.15) is 19.3 Å². The molecule has 1 saturated carbocycles. The second-order valence-electron chi connectivity index (χ2n) is 8.95. The zero-order valence-corrected chi connectivity index (χ0v) is 17.7.